The summed E-state index contributed by atoms with van der Waals surface area (Å²) in [6.45, 7) is 2.46. The summed E-state index contributed by atoms with van der Waals surface area (Å²) in [6.07, 6.45) is 1.09. The molecule has 1 amide bonds. The maximum absolute atomic E-state index is 15.2. The van der Waals surface area contributed by atoms with Crippen molar-refractivity contribution < 1.29 is 18.7 Å². The van der Waals surface area contributed by atoms with Gasteiger partial charge >= 0.3 is 6.09 Å². The van der Waals surface area contributed by atoms with Gasteiger partial charge in [-0.2, -0.15) is 0 Å². The number of carbonyl (C=O) groups excluding carboxylic acids is 1. The molecule has 0 unspecified atom stereocenters. The molecule has 0 aliphatic carbocycles. The van der Waals surface area contributed by atoms with Crippen LogP contribution in [0.15, 0.2) is 65.6 Å². The zero-order valence-electron chi connectivity index (χ0n) is 19.3. The molecule has 1 atom stereocenters. The minimum atomic E-state index is -0.599. The number of cyclic esters (lactones) is 1. The normalized spacial score (nSPS) is 14.1. The molecule has 2 N–H and O–H groups in total. The van der Waals surface area contributed by atoms with Crippen molar-refractivity contribution in [2.24, 2.45) is 0 Å². The van der Waals surface area contributed by atoms with E-state index in [-0.39, 0.29) is 36.7 Å². The quantitative estimate of drug-likeness (QED) is 0.346. The Hall–Kier alpha value is -4.11. The largest absolute Gasteiger partial charge is 0.486 e. The van der Waals surface area contributed by atoms with E-state index in [2.05, 4.69) is 15.3 Å². The van der Waals surface area contributed by atoms with E-state index in [0.717, 1.165) is 5.69 Å². The van der Waals surface area contributed by atoms with Crippen LogP contribution in [-0.2, 0) is 11.3 Å². The number of benzene rings is 2. The van der Waals surface area contributed by atoms with Crippen LogP contribution in [0.4, 0.5) is 20.6 Å². The maximum Gasteiger partial charge on any atom is 0.414 e. The second kappa shape index (κ2) is 9.87. The summed E-state index contributed by atoms with van der Waals surface area (Å²) >= 11 is 6.44. The average Bonchev–Trinajstić information content (AvgIpc) is 3.30. The third kappa shape index (κ3) is 4.70. The number of H-pyrrole nitrogens is 1. The number of fused-ring (bicyclic) bond motifs is 1. The highest BCUT2D eigenvalue weighted by Crippen LogP contribution is 2.32. The molecule has 8 nitrogen and oxygen atoms in total. The number of ether oxygens (including phenoxy) is 2. The molecule has 0 bridgehead atoms. The van der Waals surface area contributed by atoms with E-state index in [1.807, 2.05) is 18.2 Å². The first kappa shape index (κ1) is 23.6. The molecule has 1 fully saturated rings. The van der Waals surface area contributed by atoms with Crippen molar-refractivity contribution in [3.8, 4) is 5.75 Å². The van der Waals surface area contributed by atoms with Gasteiger partial charge in [-0.05, 0) is 43.3 Å². The summed E-state index contributed by atoms with van der Waals surface area (Å²) in [4.78, 5) is 33.1. The molecule has 1 aliphatic rings. The summed E-state index contributed by atoms with van der Waals surface area (Å²) in [5, 5.41) is 4.12. The van der Waals surface area contributed by atoms with Gasteiger partial charge in [0.05, 0.1) is 40.2 Å². The van der Waals surface area contributed by atoms with Crippen molar-refractivity contribution in [2.45, 2.75) is 19.6 Å². The van der Waals surface area contributed by atoms with Crippen LogP contribution >= 0.6 is 11.6 Å². The van der Waals surface area contributed by atoms with Crippen LogP contribution in [-0.4, -0.2) is 29.2 Å². The van der Waals surface area contributed by atoms with Crippen molar-refractivity contribution in [3.63, 3.8) is 0 Å². The van der Waals surface area contributed by atoms with Gasteiger partial charge in [0.25, 0.3) is 5.56 Å². The van der Waals surface area contributed by atoms with Gasteiger partial charge in [0, 0.05) is 23.2 Å². The predicted octanol–water partition coefficient (Wildman–Crippen LogP) is 5.42. The summed E-state index contributed by atoms with van der Waals surface area (Å²) in [6, 6.07) is 14.8. The van der Waals surface area contributed by atoms with Gasteiger partial charge in [-0.25, -0.2) is 9.18 Å². The topological polar surface area (TPSA) is 96.5 Å². The van der Waals surface area contributed by atoms with E-state index < -0.39 is 18.0 Å². The van der Waals surface area contributed by atoms with Crippen molar-refractivity contribution in [2.75, 3.05) is 23.4 Å². The van der Waals surface area contributed by atoms with Gasteiger partial charge in [0.1, 0.15) is 19.0 Å². The fourth-order valence-corrected chi connectivity index (χ4v) is 4.28. The zero-order chi connectivity index (χ0) is 25.2. The smallest absolute Gasteiger partial charge is 0.414 e. The van der Waals surface area contributed by atoms with Crippen molar-refractivity contribution in [1.29, 1.82) is 0 Å². The number of nitrogens with zero attached hydrogens (tertiary/aromatic N) is 2. The third-order valence-electron chi connectivity index (χ3n) is 5.90. The Morgan fingerprint density at radius 3 is 2.83 bits per heavy atom. The number of amides is 1. The minimum absolute atomic E-state index is 0.118. The van der Waals surface area contributed by atoms with Crippen LogP contribution in [0, 0.1) is 5.82 Å². The lowest BCUT2D eigenvalue weighted by atomic mass is 10.1. The van der Waals surface area contributed by atoms with Gasteiger partial charge < -0.3 is 19.8 Å². The number of carbonyl (C=O) groups is 1. The Morgan fingerprint density at radius 2 is 2.08 bits per heavy atom. The first-order valence-corrected chi connectivity index (χ1v) is 11.7. The highest BCUT2D eigenvalue weighted by atomic mass is 35.5. The summed E-state index contributed by atoms with van der Waals surface area (Å²) in [7, 11) is 0. The van der Waals surface area contributed by atoms with E-state index in [4.69, 9.17) is 21.1 Å². The van der Waals surface area contributed by atoms with Crippen molar-refractivity contribution in [3.05, 3.63) is 93.2 Å². The fourth-order valence-electron chi connectivity index (χ4n) is 4.05. The van der Waals surface area contributed by atoms with Gasteiger partial charge in [0.2, 0.25) is 0 Å². The molecule has 3 heterocycles. The Balaban J connectivity index is 1.39. The van der Waals surface area contributed by atoms with Crippen LogP contribution in [0.25, 0.3) is 10.9 Å². The molecule has 5 rings (SSSR count). The summed E-state index contributed by atoms with van der Waals surface area (Å²) < 4.78 is 25.9. The van der Waals surface area contributed by atoms with Crippen molar-refractivity contribution >= 4 is 40.0 Å². The fraction of sp³-hybridized carbons (Fsp3) is 0.192. The number of aromatic nitrogens is 2. The van der Waals surface area contributed by atoms with E-state index >= 15 is 4.39 Å². The third-order valence-corrected chi connectivity index (χ3v) is 6.19. The van der Waals surface area contributed by atoms with E-state index in [0.29, 0.717) is 27.2 Å². The number of aromatic amines is 1. The average molecular weight is 509 g/mol. The van der Waals surface area contributed by atoms with E-state index in [1.54, 1.807) is 43.5 Å². The highest BCUT2D eigenvalue weighted by Gasteiger charge is 2.27. The van der Waals surface area contributed by atoms with E-state index in [9.17, 15) is 9.59 Å². The monoisotopic (exact) mass is 508 g/mol. The van der Waals surface area contributed by atoms with E-state index in [1.165, 1.54) is 11.0 Å². The van der Waals surface area contributed by atoms with Crippen LogP contribution < -0.4 is 20.5 Å². The molecule has 10 heteroatoms. The lowest BCUT2D eigenvalue weighted by molar-refractivity contribution is 0.181. The zero-order valence-corrected chi connectivity index (χ0v) is 20.0. The minimum Gasteiger partial charge on any atom is -0.486 e. The number of anilines is 2. The van der Waals surface area contributed by atoms with Gasteiger partial charge in [-0.15, -0.1) is 0 Å². The molecular formula is C26H22ClFN4O4. The maximum atomic E-state index is 15.2. The first-order chi connectivity index (χ1) is 17.4. The molecule has 0 saturated carbocycles. The lowest BCUT2D eigenvalue weighted by Crippen LogP contribution is -2.25. The SMILES string of the molecule is C[C@H](Nc1cccc(N2CCOC2=O)c1F)c1cc2cc(Cl)c(OCc3ccccn3)cc2[nH]c1=O. The van der Waals surface area contributed by atoms with Gasteiger partial charge in [-0.1, -0.05) is 23.7 Å². The molecule has 4 aromatic rings. The molecule has 0 spiro atoms. The molecule has 2 aromatic heterocycles. The Kier molecular flexibility index (Phi) is 6.47. The Labute approximate surface area is 210 Å². The van der Waals surface area contributed by atoms with Gasteiger partial charge in [-0.3, -0.25) is 14.7 Å². The number of hydrogen-bond acceptors (Lipinski definition) is 6. The Morgan fingerprint density at radius 1 is 1.22 bits per heavy atom. The summed E-state index contributed by atoms with van der Waals surface area (Å²) in [5.41, 5.74) is 1.64. The summed E-state index contributed by atoms with van der Waals surface area (Å²) in [5.74, 6) is -0.179. The number of pyridine rings is 2. The number of nitrogens with one attached hydrogen (secondary N) is 2. The molecule has 0 radical (unpaired) electrons. The predicted molar refractivity (Wildman–Crippen MR) is 135 cm³/mol. The van der Waals surface area contributed by atoms with Crippen LogP contribution in [0.2, 0.25) is 5.02 Å². The second-order valence-corrected chi connectivity index (χ2v) is 8.71. The molecule has 2 aromatic carbocycles. The number of rotatable bonds is 7. The van der Waals surface area contributed by atoms with Crippen molar-refractivity contribution in [1.82, 2.24) is 9.97 Å². The van der Waals surface area contributed by atoms with Crippen LogP contribution in [0.1, 0.15) is 24.2 Å². The molecule has 184 valence electrons. The number of halogens is 2. The molecule has 1 aliphatic heterocycles. The first-order valence-electron chi connectivity index (χ1n) is 11.3. The molecule has 36 heavy (non-hydrogen) atoms. The highest BCUT2D eigenvalue weighted by molar-refractivity contribution is 6.32. The second-order valence-electron chi connectivity index (χ2n) is 8.30. The van der Waals surface area contributed by atoms with Crippen LogP contribution in [0.5, 0.6) is 5.75 Å². The van der Waals surface area contributed by atoms with Gasteiger partial charge in [0.15, 0.2) is 5.82 Å². The number of hydrogen-bond donors (Lipinski definition) is 2. The molecular weight excluding hydrogens is 487 g/mol. The molecule has 1 saturated heterocycles. The Bertz CT molecular complexity index is 1500. The lowest BCUT2D eigenvalue weighted by Gasteiger charge is -2.20. The standard InChI is InChI=1S/C26H22ClFN4O4/c1-15(30-20-6-4-7-22(24(20)28)32-9-10-35-26(32)34)18-11-16-12-19(27)23(13-21(16)31-25(18)33)36-14-17-5-2-3-8-29-17/h2-8,11-13,15,30H,9-10,14H2,1H3,(H,31,33)/t15-/m0/s1. The van der Waals surface area contributed by atoms with Crippen LogP contribution in [0.3, 0.4) is 0 Å².